The summed E-state index contributed by atoms with van der Waals surface area (Å²) in [5.41, 5.74) is -0.625. The van der Waals surface area contributed by atoms with Gasteiger partial charge < -0.3 is 5.32 Å². The molecule has 2 fully saturated rings. The normalized spacial score (nSPS) is 26.0. The lowest BCUT2D eigenvalue weighted by Crippen LogP contribution is -2.31. The topological polar surface area (TPSA) is 88.2 Å². The van der Waals surface area contributed by atoms with Crippen LogP contribution in [0.1, 0.15) is 43.4 Å². The number of nitrogens with one attached hydrogen (secondary N) is 2. The maximum atomic E-state index is 13.3. The molecule has 2 aliphatic carbocycles. The molecule has 146 valence electrons. The minimum absolute atomic E-state index is 0.0525. The summed E-state index contributed by atoms with van der Waals surface area (Å²) in [5, 5.41) is 5.39. The number of aromatic nitrogens is 1. The van der Waals surface area contributed by atoms with Crippen molar-refractivity contribution in [2.45, 2.75) is 48.1 Å². The van der Waals surface area contributed by atoms with E-state index < -0.39 is 15.4 Å². The number of amides is 1. The third kappa shape index (κ3) is 3.46. The van der Waals surface area contributed by atoms with E-state index in [-0.39, 0.29) is 16.0 Å². The first-order chi connectivity index (χ1) is 13.0. The van der Waals surface area contributed by atoms with Crippen molar-refractivity contribution in [1.29, 1.82) is 0 Å². The van der Waals surface area contributed by atoms with E-state index in [0.29, 0.717) is 11.0 Å². The summed E-state index contributed by atoms with van der Waals surface area (Å²) in [7, 11) is -2.10. The van der Waals surface area contributed by atoms with Gasteiger partial charge in [0.25, 0.3) is 0 Å². The Morgan fingerprint density at radius 3 is 2.70 bits per heavy atom. The summed E-state index contributed by atoms with van der Waals surface area (Å²) in [6.07, 6.45) is 8.47. The third-order valence-electron chi connectivity index (χ3n) is 5.85. The monoisotopic (exact) mass is 425 g/mol. The highest BCUT2D eigenvalue weighted by Gasteiger charge is 2.64. The predicted octanol–water partition coefficient (Wildman–Crippen LogP) is 3.59. The molecule has 0 spiro atoms. The quantitative estimate of drug-likeness (QED) is 0.740. The number of hydrogen-bond acceptors (Lipinski definition) is 6. The number of carbonyl (C=O) groups excluding carboxylic acids is 1. The van der Waals surface area contributed by atoms with E-state index >= 15 is 0 Å². The molecule has 0 radical (unpaired) electrons. The fourth-order valence-electron chi connectivity index (χ4n) is 4.35. The molecular formula is C18H23N3O3S3. The van der Waals surface area contributed by atoms with E-state index in [4.69, 9.17) is 0 Å². The highest BCUT2D eigenvalue weighted by atomic mass is 32.2. The second-order valence-corrected chi connectivity index (χ2v) is 11.4. The number of thiazole rings is 1. The fraction of sp³-hybridized carbons (Fsp3) is 0.556. The number of hydrogen-bond donors (Lipinski definition) is 2. The molecule has 2 heterocycles. The lowest BCUT2D eigenvalue weighted by Gasteiger charge is -2.25. The first kappa shape index (κ1) is 19.0. The van der Waals surface area contributed by atoms with Gasteiger partial charge in [0.15, 0.2) is 5.13 Å². The van der Waals surface area contributed by atoms with Gasteiger partial charge in [-0.25, -0.2) is 18.1 Å². The number of carbonyl (C=O) groups is 1. The average Bonchev–Trinajstić information content (AvgIpc) is 3.03. The standard InChI is InChI=1S/C18H23N3O3S3/c1-19-27(23,24)15-8-7-14(26-15)18(16(22)21-17-20-9-10-25-17)11-13(18)12-5-3-2-4-6-12/h7-10,12-13,19H,2-6,11H2,1H3,(H,20,21,22)/t13-,18+/m0/s1. The summed E-state index contributed by atoms with van der Waals surface area (Å²) >= 11 is 2.61. The average molecular weight is 426 g/mol. The van der Waals surface area contributed by atoms with Crippen LogP contribution in [0.25, 0.3) is 0 Å². The van der Waals surface area contributed by atoms with Crippen LogP contribution in [0.5, 0.6) is 0 Å². The molecule has 0 unspecified atom stereocenters. The summed E-state index contributed by atoms with van der Waals surface area (Å²) < 4.78 is 26.9. The number of anilines is 1. The van der Waals surface area contributed by atoms with Crippen LogP contribution in [0, 0.1) is 11.8 Å². The smallest absolute Gasteiger partial charge is 0.249 e. The molecular weight excluding hydrogens is 402 g/mol. The summed E-state index contributed by atoms with van der Waals surface area (Å²) in [4.78, 5) is 18.3. The predicted molar refractivity (Wildman–Crippen MR) is 108 cm³/mol. The van der Waals surface area contributed by atoms with Gasteiger partial charge in [-0.1, -0.05) is 32.1 Å². The van der Waals surface area contributed by atoms with Crippen molar-refractivity contribution in [3.63, 3.8) is 0 Å². The van der Waals surface area contributed by atoms with Crippen molar-refractivity contribution in [2.75, 3.05) is 12.4 Å². The SMILES string of the molecule is CNS(=O)(=O)c1ccc([C@@]2(C(=O)Nc3nccs3)C[C@H]2C2CCCCC2)s1. The maximum absolute atomic E-state index is 13.3. The molecule has 2 aromatic rings. The van der Waals surface area contributed by atoms with Crippen molar-refractivity contribution < 1.29 is 13.2 Å². The zero-order chi connectivity index (χ0) is 19.1. The van der Waals surface area contributed by atoms with Gasteiger partial charge in [0, 0.05) is 16.5 Å². The molecule has 2 aliphatic rings. The van der Waals surface area contributed by atoms with Crippen molar-refractivity contribution in [2.24, 2.45) is 11.8 Å². The number of nitrogens with zero attached hydrogens (tertiary/aromatic N) is 1. The minimum Gasteiger partial charge on any atom is -0.301 e. The minimum atomic E-state index is -3.50. The molecule has 2 N–H and O–H groups in total. The van der Waals surface area contributed by atoms with Gasteiger partial charge in [0.05, 0.1) is 5.41 Å². The molecule has 4 rings (SSSR count). The first-order valence-electron chi connectivity index (χ1n) is 9.22. The van der Waals surface area contributed by atoms with Crippen molar-refractivity contribution in [3.8, 4) is 0 Å². The van der Waals surface area contributed by atoms with E-state index in [2.05, 4.69) is 15.0 Å². The Hall–Kier alpha value is -1.29. The molecule has 0 bridgehead atoms. The second-order valence-electron chi connectivity index (χ2n) is 7.30. The highest BCUT2D eigenvalue weighted by molar-refractivity contribution is 7.91. The van der Waals surface area contributed by atoms with Gasteiger partial charge in [-0.2, -0.15) is 0 Å². The molecule has 0 aromatic carbocycles. The molecule has 2 saturated carbocycles. The number of rotatable bonds is 6. The lowest BCUT2D eigenvalue weighted by atomic mass is 9.82. The zero-order valence-corrected chi connectivity index (χ0v) is 17.6. The van der Waals surface area contributed by atoms with Gasteiger partial charge in [0.2, 0.25) is 15.9 Å². The molecule has 0 saturated heterocycles. The van der Waals surface area contributed by atoms with Crippen LogP contribution in [-0.4, -0.2) is 26.4 Å². The van der Waals surface area contributed by atoms with Gasteiger partial charge in [-0.05, 0) is 37.4 Å². The molecule has 27 heavy (non-hydrogen) atoms. The Bertz CT molecular complexity index is 917. The van der Waals surface area contributed by atoms with Crippen molar-refractivity contribution in [3.05, 3.63) is 28.6 Å². The van der Waals surface area contributed by atoms with Crippen LogP contribution in [-0.2, 0) is 20.2 Å². The molecule has 9 heteroatoms. The Morgan fingerprint density at radius 1 is 1.26 bits per heavy atom. The highest BCUT2D eigenvalue weighted by Crippen LogP contribution is 2.62. The summed E-state index contributed by atoms with van der Waals surface area (Å²) in [5.74, 6) is 0.761. The largest absolute Gasteiger partial charge is 0.301 e. The molecule has 0 aliphatic heterocycles. The van der Waals surface area contributed by atoms with Crippen LogP contribution in [0.4, 0.5) is 5.13 Å². The van der Waals surface area contributed by atoms with E-state index in [0.717, 1.165) is 24.1 Å². The van der Waals surface area contributed by atoms with Crippen LogP contribution in [0.2, 0.25) is 0 Å². The van der Waals surface area contributed by atoms with Crippen LogP contribution in [0.15, 0.2) is 27.9 Å². The number of thiophene rings is 1. The van der Waals surface area contributed by atoms with E-state index in [1.807, 2.05) is 11.4 Å². The fourth-order valence-corrected chi connectivity index (χ4v) is 7.28. The Balaban J connectivity index is 1.66. The Kier molecular flexibility index (Phi) is 5.13. The van der Waals surface area contributed by atoms with Crippen molar-refractivity contribution in [1.82, 2.24) is 9.71 Å². The second kappa shape index (κ2) is 7.27. The first-order valence-corrected chi connectivity index (χ1v) is 12.4. The van der Waals surface area contributed by atoms with Crippen LogP contribution in [0.3, 0.4) is 0 Å². The van der Waals surface area contributed by atoms with Gasteiger partial charge in [0.1, 0.15) is 4.21 Å². The summed E-state index contributed by atoms with van der Waals surface area (Å²) in [6.45, 7) is 0. The number of sulfonamides is 1. The Morgan fingerprint density at radius 2 is 2.04 bits per heavy atom. The third-order valence-corrected chi connectivity index (χ3v) is 9.70. The van der Waals surface area contributed by atoms with Crippen molar-refractivity contribution >= 4 is 43.7 Å². The van der Waals surface area contributed by atoms with E-state index in [1.54, 1.807) is 12.3 Å². The molecule has 1 amide bonds. The summed E-state index contributed by atoms with van der Waals surface area (Å²) in [6, 6.07) is 3.43. The molecule has 2 atom stereocenters. The van der Waals surface area contributed by atoms with E-state index in [1.165, 1.54) is 49.0 Å². The van der Waals surface area contributed by atoms with Gasteiger partial charge in [-0.3, -0.25) is 4.79 Å². The van der Waals surface area contributed by atoms with Crippen LogP contribution >= 0.6 is 22.7 Å². The van der Waals surface area contributed by atoms with Crippen LogP contribution < -0.4 is 10.0 Å². The van der Waals surface area contributed by atoms with Gasteiger partial charge >= 0.3 is 0 Å². The lowest BCUT2D eigenvalue weighted by molar-refractivity contribution is -0.119. The molecule has 6 nitrogen and oxygen atoms in total. The maximum Gasteiger partial charge on any atom is 0.249 e. The molecule has 2 aromatic heterocycles. The Labute approximate surface area is 167 Å². The van der Waals surface area contributed by atoms with Gasteiger partial charge in [-0.15, -0.1) is 22.7 Å². The van der Waals surface area contributed by atoms with E-state index in [9.17, 15) is 13.2 Å². The zero-order valence-electron chi connectivity index (χ0n) is 15.1.